The molecule has 0 spiro atoms. The second-order valence-electron chi connectivity index (χ2n) is 14.4. The number of amides is 5. The van der Waals surface area contributed by atoms with E-state index in [1.54, 1.807) is 5.38 Å². The van der Waals surface area contributed by atoms with E-state index in [4.69, 9.17) is 9.47 Å². The summed E-state index contributed by atoms with van der Waals surface area (Å²) in [4.78, 5) is 74.6. The molecule has 4 N–H and O–H groups in total. The topological polar surface area (TPSA) is 202 Å². The fraction of sp³-hybridized carbons (Fsp3) is 0.556. The van der Waals surface area contributed by atoms with Crippen LogP contribution < -0.4 is 25.4 Å². The number of fused-ring (bicyclic) bond motifs is 8. The van der Waals surface area contributed by atoms with Crippen LogP contribution >= 0.6 is 11.3 Å². The molecule has 7 bridgehead atoms. The molecule has 1 aromatic carbocycles. The number of sulfonamides is 1. The number of nitrogens with one attached hydrogen (secondary N) is 4. The summed E-state index contributed by atoms with van der Waals surface area (Å²) in [7, 11) is -3.90. The van der Waals surface area contributed by atoms with Gasteiger partial charge in [-0.1, -0.05) is 37.1 Å². The minimum absolute atomic E-state index is 0.00936. The first-order valence-corrected chi connectivity index (χ1v) is 20.7. The number of thiazole rings is 1. The third-order valence-corrected chi connectivity index (χ3v) is 13.1. The van der Waals surface area contributed by atoms with E-state index in [2.05, 4.69) is 25.7 Å². The minimum atomic E-state index is -3.90. The highest BCUT2D eigenvalue weighted by molar-refractivity contribution is 7.91. The molecule has 2 saturated carbocycles. The third kappa shape index (κ3) is 8.51. The Balaban J connectivity index is 1.17. The van der Waals surface area contributed by atoms with Gasteiger partial charge in [0.2, 0.25) is 21.8 Å². The third-order valence-electron chi connectivity index (χ3n) is 10.4. The molecule has 0 radical (unpaired) electrons. The lowest BCUT2D eigenvalue weighted by atomic mass is 10.0. The second-order valence-corrected chi connectivity index (χ2v) is 17.2. The Labute approximate surface area is 311 Å². The number of rotatable bonds is 3. The van der Waals surface area contributed by atoms with Crippen LogP contribution in [0.5, 0.6) is 5.75 Å². The molecule has 5 aliphatic rings. The molecule has 7 rings (SSSR count). The van der Waals surface area contributed by atoms with E-state index < -0.39 is 74.6 Å². The van der Waals surface area contributed by atoms with Crippen molar-refractivity contribution < 1.29 is 41.9 Å². The van der Waals surface area contributed by atoms with Crippen molar-refractivity contribution in [1.82, 2.24) is 30.6 Å². The molecule has 5 amide bonds. The summed E-state index contributed by atoms with van der Waals surface area (Å²) in [5.41, 5.74) is -0.576. The molecule has 1 aromatic heterocycles. The molecular formula is C36H44N6O9S2. The van der Waals surface area contributed by atoms with Gasteiger partial charge in [-0.25, -0.2) is 18.2 Å². The van der Waals surface area contributed by atoms with E-state index in [1.165, 1.54) is 16.2 Å². The van der Waals surface area contributed by atoms with Gasteiger partial charge in [-0.05, 0) is 69.9 Å². The highest BCUT2D eigenvalue weighted by Crippen LogP contribution is 2.46. The maximum atomic E-state index is 14.3. The number of ether oxygens (including phenoxy) is 2. The lowest BCUT2D eigenvalue weighted by Gasteiger charge is -2.30. The van der Waals surface area contributed by atoms with Crippen LogP contribution in [0, 0.1) is 5.92 Å². The molecule has 1 saturated heterocycles. The maximum absolute atomic E-state index is 14.3. The summed E-state index contributed by atoms with van der Waals surface area (Å²) in [5, 5.41) is 10.1. The van der Waals surface area contributed by atoms with Gasteiger partial charge in [0.05, 0.1) is 18.5 Å². The van der Waals surface area contributed by atoms with Crippen LogP contribution in [0.3, 0.4) is 0 Å². The molecule has 2 aliphatic carbocycles. The van der Waals surface area contributed by atoms with Crippen LogP contribution in [0.4, 0.5) is 4.79 Å². The van der Waals surface area contributed by atoms with Gasteiger partial charge in [-0.3, -0.25) is 23.9 Å². The first kappa shape index (κ1) is 36.8. The van der Waals surface area contributed by atoms with Crippen molar-refractivity contribution in [2.75, 3.05) is 19.8 Å². The lowest BCUT2D eigenvalue weighted by Crippen LogP contribution is -2.58. The van der Waals surface area contributed by atoms with Crippen molar-refractivity contribution in [1.29, 1.82) is 0 Å². The summed E-state index contributed by atoms with van der Waals surface area (Å²) >= 11 is 1.30. The maximum Gasteiger partial charge on any atom is 0.407 e. The number of allylic oxidation sites excluding steroid dienone is 1. The normalized spacial score (nSPS) is 29.3. The van der Waals surface area contributed by atoms with Crippen LogP contribution in [0.1, 0.15) is 81.1 Å². The van der Waals surface area contributed by atoms with Gasteiger partial charge in [-0.2, -0.15) is 0 Å². The van der Waals surface area contributed by atoms with E-state index in [0.717, 1.165) is 18.4 Å². The predicted molar refractivity (Wildman–Crippen MR) is 193 cm³/mol. The molecule has 284 valence electrons. The fourth-order valence-electron chi connectivity index (χ4n) is 7.14. The second kappa shape index (κ2) is 15.5. The first-order valence-electron chi connectivity index (χ1n) is 18.3. The van der Waals surface area contributed by atoms with Crippen molar-refractivity contribution in [2.45, 2.75) is 99.5 Å². The molecular weight excluding hydrogens is 725 g/mol. The van der Waals surface area contributed by atoms with E-state index in [1.807, 2.05) is 36.4 Å². The Kier molecular flexibility index (Phi) is 10.7. The van der Waals surface area contributed by atoms with E-state index in [9.17, 15) is 32.4 Å². The standard InChI is InChI=1S/C36H44N6O9S2/c43-30-28-21-52-32(38-28)22-9-8-11-25(17-22)50-15-6-7-16-51-35(47)39-27-12-5-3-1-2-4-10-23-19-36(23,34(46)41-53(48,49)26-13-14-26)40-31(44)29-18-24(37-30)20-42(29)33(27)45/h4,8-11,17,21,23-24,26-27,29H,1-3,5-7,12-16,18-20H2,(H,37,43)(H,39,47)(H,40,44)(H,41,46)/b10-4-/t23-,24-,27+,29+,36-/m1/s1. The summed E-state index contributed by atoms with van der Waals surface area (Å²) in [6, 6.07) is 4.53. The predicted octanol–water partition coefficient (Wildman–Crippen LogP) is 2.78. The smallest absolute Gasteiger partial charge is 0.407 e. The van der Waals surface area contributed by atoms with Crippen LogP contribution in [-0.2, 0) is 29.1 Å². The Morgan fingerprint density at radius 1 is 1.00 bits per heavy atom. The number of nitrogens with zero attached hydrogens (tertiary/aromatic N) is 2. The first-order chi connectivity index (χ1) is 25.5. The van der Waals surface area contributed by atoms with Gasteiger partial charge < -0.3 is 30.3 Å². The molecule has 0 unspecified atom stereocenters. The van der Waals surface area contributed by atoms with Gasteiger partial charge in [0, 0.05) is 29.4 Å². The van der Waals surface area contributed by atoms with E-state index in [0.29, 0.717) is 62.3 Å². The number of aromatic nitrogens is 1. The summed E-state index contributed by atoms with van der Waals surface area (Å²) in [6.07, 6.45) is 8.38. The van der Waals surface area contributed by atoms with Crippen LogP contribution in [0.2, 0.25) is 0 Å². The summed E-state index contributed by atoms with van der Waals surface area (Å²) in [5.74, 6) is -2.29. The van der Waals surface area contributed by atoms with E-state index in [-0.39, 0.29) is 31.7 Å². The monoisotopic (exact) mass is 768 g/mol. The van der Waals surface area contributed by atoms with Crippen molar-refractivity contribution in [2.24, 2.45) is 5.92 Å². The molecule has 17 heteroatoms. The average molecular weight is 769 g/mol. The Morgan fingerprint density at radius 2 is 1.81 bits per heavy atom. The number of hydrogen-bond acceptors (Lipinski definition) is 11. The van der Waals surface area contributed by atoms with Gasteiger partial charge in [-0.15, -0.1) is 11.3 Å². The molecule has 53 heavy (non-hydrogen) atoms. The number of hydrogen-bond donors (Lipinski definition) is 4. The number of cyclic esters (lactones) is 1. The number of benzene rings is 1. The van der Waals surface area contributed by atoms with Crippen molar-refractivity contribution >= 4 is 51.1 Å². The van der Waals surface area contributed by atoms with Crippen molar-refractivity contribution in [3.63, 3.8) is 0 Å². The molecule has 2 aromatic rings. The molecule has 5 atom stereocenters. The number of alkyl carbamates (subject to hydrolysis) is 1. The SMILES string of the molecule is O=C1N[C@H]2CCCCC/C=C\[C@@H]3C[C@@]3(C(=O)NS(=O)(=O)C3CC3)NC(=O)[C@@H]3C[C@H](CN3C2=O)NC(=O)c2csc(n2)-c2cccc(c2)OCCCCO1. The largest absolute Gasteiger partial charge is 0.494 e. The van der Waals surface area contributed by atoms with Crippen LogP contribution in [0.25, 0.3) is 10.6 Å². The van der Waals surface area contributed by atoms with E-state index >= 15 is 0 Å². The quantitative estimate of drug-likeness (QED) is 0.337. The molecule has 3 aliphatic heterocycles. The zero-order valence-corrected chi connectivity index (χ0v) is 30.8. The van der Waals surface area contributed by atoms with Crippen molar-refractivity contribution in [3.05, 3.63) is 47.5 Å². The fourth-order valence-corrected chi connectivity index (χ4v) is 9.30. The molecule has 4 heterocycles. The van der Waals surface area contributed by atoms with Gasteiger partial charge in [0.15, 0.2) is 0 Å². The minimum Gasteiger partial charge on any atom is -0.494 e. The van der Waals surface area contributed by atoms with Crippen LogP contribution in [0.15, 0.2) is 41.8 Å². The Morgan fingerprint density at radius 3 is 2.62 bits per heavy atom. The molecule has 3 fully saturated rings. The lowest BCUT2D eigenvalue weighted by molar-refractivity contribution is -0.141. The Hall–Kier alpha value is -4.51. The zero-order valence-electron chi connectivity index (χ0n) is 29.2. The van der Waals surface area contributed by atoms with Gasteiger partial charge in [0.1, 0.15) is 34.1 Å². The summed E-state index contributed by atoms with van der Waals surface area (Å²) < 4.78 is 39.1. The average Bonchev–Trinajstić information content (AvgIpc) is 4.01. The Bertz CT molecular complexity index is 1900. The summed E-state index contributed by atoms with van der Waals surface area (Å²) in [6.45, 7) is 0.440. The molecule has 15 nitrogen and oxygen atoms in total. The zero-order chi connectivity index (χ0) is 37.2. The van der Waals surface area contributed by atoms with Gasteiger partial charge >= 0.3 is 6.09 Å². The van der Waals surface area contributed by atoms with Gasteiger partial charge in [0.25, 0.3) is 11.8 Å². The van der Waals surface area contributed by atoms with Crippen LogP contribution in [-0.4, -0.2) is 96.7 Å². The number of carbonyl (C=O) groups excluding carboxylic acids is 5. The van der Waals surface area contributed by atoms with Crippen molar-refractivity contribution in [3.8, 4) is 16.3 Å². The highest BCUT2D eigenvalue weighted by atomic mass is 32.2. The highest BCUT2D eigenvalue weighted by Gasteiger charge is 2.62. The number of carbonyl (C=O) groups is 5.